The minimum atomic E-state index is -0.735. The second-order valence-corrected chi connectivity index (χ2v) is 4.31. The number of benzene rings is 1. The first kappa shape index (κ1) is 10.3. The van der Waals surface area contributed by atoms with Crippen LogP contribution in [0.1, 0.15) is 36.1 Å². The van der Waals surface area contributed by atoms with Gasteiger partial charge in [-0.15, -0.1) is 0 Å². The molecule has 0 aliphatic rings. The van der Waals surface area contributed by atoms with Gasteiger partial charge >= 0.3 is 0 Å². The summed E-state index contributed by atoms with van der Waals surface area (Å²) in [7, 11) is 0. The van der Waals surface area contributed by atoms with Gasteiger partial charge in [-0.1, -0.05) is 17.7 Å². The zero-order valence-corrected chi connectivity index (χ0v) is 9.10. The molecule has 0 saturated carbocycles. The Kier molecular flexibility index (Phi) is 2.49. The molecule has 0 aromatic heterocycles. The Hall–Kier alpha value is -0.820. The number of aliphatic hydroxyl groups is 1. The van der Waals surface area contributed by atoms with E-state index in [2.05, 4.69) is 32.9 Å². The number of hydrogen-bond acceptors (Lipinski definition) is 1. The standard InChI is InChI=1S/C12H18O/c1-8-6-9(2)10(3)11(7-8)12(4,5)13/h6-7,13H,1-5H3. The molecule has 0 aliphatic carbocycles. The van der Waals surface area contributed by atoms with Gasteiger partial charge in [-0.2, -0.15) is 0 Å². The van der Waals surface area contributed by atoms with Gasteiger partial charge in [0.1, 0.15) is 0 Å². The van der Waals surface area contributed by atoms with Crippen LogP contribution >= 0.6 is 0 Å². The number of hydrogen-bond donors (Lipinski definition) is 1. The van der Waals surface area contributed by atoms with Crippen LogP contribution in [0.4, 0.5) is 0 Å². The molecule has 1 aromatic carbocycles. The summed E-state index contributed by atoms with van der Waals surface area (Å²) >= 11 is 0. The maximum absolute atomic E-state index is 9.92. The SMILES string of the molecule is Cc1cc(C)c(C)c(C(C)(C)O)c1. The fourth-order valence-electron chi connectivity index (χ4n) is 1.68. The zero-order valence-electron chi connectivity index (χ0n) is 9.10. The normalized spacial score (nSPS) is 11.8. The molecule has 13 heavy (non-hydrogen) atoms. The largest absolute Gasteiger partial charge is 0.386 e. The lowest BCUT2D eigenvalue weighted by molar-refractivity contribution is 0.0778. The molecule has 0 atom stereocenters. The van der Waals surface area contributed by atoms with Crippen LogP contribution < -0.4 is 0 Å². The molecule has 1 aromatic rings. The predicted molar refractivity (Wildman–Crippen MR) is 55.9 cm³/mol. The highest BCUT2D eigenvalue weighted by Crippen LogP contribution is 2.26. The summed E-state index contributed by atoms with van der Waals surface area (Å²) < 4.78 is 0. The minimum Gasteiger partial charge on any atom is -0.386 e. The summed E-state index contributed by atoms with van der Waals surface area (Å²) in [5, 5.41) is 9.92. The van der Waals surface area contributed by atoms with Crippen molar-refractivity contribution in [2.45, 2.75) is 40.2 Å². The predicted octanol–water partition coefficient (Wildman–Crippen LogP) is 2.84. The monoisotopic (exact) mass is 178 g/mol. The molecule has 0 spiro atoms. The maximum Gasteiger partial charge on any atom is 0.0843 e. The smallest absolute Gasteiger partial charge is 0.0843 e. The average Bonchev–Trinajstić information content (AvgIpc) is 1.94. The molecule has 0 saturated heterocycles. The molecule has 0 radical (unpaired) electrons. The van der Waals surface area contributed by atoms with Gasteiger partial charge in [-0.05, 0) is 51.3 Å². The van der Waals surface area contributed by atoms with Crippen molar-refractivity contribution in [1.29, 1.82) is 0 Å². The molecule has 72 valence electrons. The van der Waals surface area contributed by atoms with Crippen molar-refractivity contribution in [2.75, 3.05) is 0 Å². The van der Waals surface area contributed by atoms with Crippen molar-refractivity contribution >= 4 is 0 Å². The summed E-state index contributed by atoms with van der Waals surface area (Å²) in [6.45, 7) is 9.85. The molecule has 0 unspecified atom stereocenters. The van der Waals surface area contributed by atoms with Crippen molar-refractivity contribution in [3.63, 3.8) is 0 Å². The van der Waals surface area contributed by atoms with Crippen molar-refractivity contribution in [1.82, 2.24) is 0 Å². The fraction of sp³-hybridized carbons (Fsp3) is 0.500. The van der Waals surface area contributed by atoms with E-state index in [4.69, 9.17) is 0 Å². The van der Waals surface area contributed by atoms with Crippen LogP contribution in [-0.4, -0.2) is 5.11 Å². The molecule has 1 N–H and O–H groups in total. The highest BCUT2D eigenvalue weighted by atomic mass is 16.3. The Balaban J connectivity index is 3.37. The summed E-state index contributed by atoms with van der Waals surface area (Å²) in [4.78, 5) is 0. The van der Waals surface area contributed by atoms with Gasteiger partial charge in [-0.3, -0.25) is 0 Å². The molecular formula is C12H18O. The van der Waals surface area contributed by atoms with Gasteiger partial charge in [0.2, 0.25) is 0 Å². The summed E-state index contributed by atoms with van der Waals surface area (Å²) in [5.74, 6) is 0. The quantitative estimate of drug-likeness (QED) is 0.701. The van der Waals surface area contributed by atoms with Crippen molar-refractivity contribution in [2.24, 2.45) is 0 Å². The average molecular weight is 178 g/mol. The van der Waals surface area contributed by atoms with Crippen LogP contribution in [0.25, 0.3) is 0 Å². The second kappa shape index (κ2) is 3.15. The molecule has 1 nitrogen and oxygen atoms in total. The third-order valence-electron chi connectivity index (χ3n) is 2.47. The van der Waals surface area contributed by atoms with Crippen LogP contribution in [0.3, 0.4) is 0 Å². The highest BCUT2D eigenvalue weighted by Gasteiger charge is 2.19. The van der Waals surface area contributed by atoms with Gasteiger partial charge in [0.25, 0.3) is 0 Å². The Morgan fingerprint density at radius 2 is 1.62 bits per heavy atom. The Morgan fingerprint density at radius 3 is 2.08 bits per heavy atom. The first-order valence-electron chi connectivity index (χ1n) is 4.63. The maximum atomic E-state index is 9.92. The Morgan fingerprint density at radius 1 is 1.08 bits per heavy atom. The van der Waals surface area contributed by atoms with E-state index in [1.165, 1.54) is 16.7 Å². The van der Waals surface area contributed by atoms with Crippen LogP contribution in [0.15, 0.2) is 12.1 Å². The van der Waals surface area contributed by atoms with Gasteiger partial charge in [0.15, 0.2) is 0 Å². The highest BCUT2D eigenvalue weighted by molar-refractivity contribution is 5.39. The first-order valence-corrected chi connectivity index (χ1v) is 4.63. The van der Waals surface area contributed by atoms with Crippen LogP contribution in [0, 0.1) is 20.8 Å². The molecule has 0 heterocycles. The van der Waals surface area contributed by atoms with E-state index in [1.54, 1.807) is 0 Å². The fourth-order valence-corrected chi connectivity index (χ4v) is 1.68. The molecule has 0 bridgehead atoms. The zero-order chi connectivity index (χ0) is 10.2. The van der Waals surface area contributed by atoms with E-state index < -0.39 is 5.60 Å². The van der Waals surface area contributed by atoms with E-state index in [-0.39, 0.29) is 0 Å². The molecule has 0 amide bonds. The molecular weight excluding hydrogens is 160 g/mol. The lowest BCUT2D eigenvalue weighted by Crippen LogP contribution is -2.17. The van der Waals surface area contributed by atoms with E-state index in [0.717, 1.165) is 5.56 Å². The van der Waals surface area contributed by atoms with E-state index >= 15 is 0 Å². The summed E-state index contributed by atoms with van der Waals surface area (Å²) in [5.41, 5.74) is 3.95. The van der Waals surface area contributed by atoms with Crippen molar-refractivity contribution in [3.05, 3.63) is 34.4 Å². The first-order chi connectivity index (χ1) is 5.82. The second-order valence-electron chi connectivity index (χ2n) is 4.31. The van der Waals surface area contributed by atoms with Crippen molar-refractivity contribution < 1.29 is 5.11 Å². The summed E-state index contributed by atoms with van der Waals surface area (Å²) in [6, 6.07) is 4.20. The summed E-state index contributed by atoms with van der Waals surface area (Å²) in [6.07, 6.45) is 0. The third kappa shape index (κ3) is 2.10. The van der Waals surface area contributed by atoms with E-state index in [9.17, 15) is 5.11 Å². The van der Waals surface area contributed by atoms with E-state index in [0.29, 0.717) is 0 Å². The Bertz CT molecular complexity index is 319. The van der Waals surface area contributed by atoms with Crippen molar-refractivity contribution in [3.8, 4) is 0 Å². The molecule has 1 rings (SSSR count). The molecule has 0 fully saturated rings. The molecule has 0 aliphatic heterocycles. The minimum absolute atomic E-state index is 0.735. The third-order valence-corrected chi connectivity index (χ3v) is 2.47. The van der Waals surface area contributed by atoms with Crippen LogP contribution in [-0.2, 0) is 5.60 Å². The van der Waals surface area contributed by atoms with Gasteiger partial charge in [0, 0.05) is 0 Å². The topological polar surface area (TPSA) is 20.2 Å². The van der Waals surface area contributed by atoms with Crippen LogP contribution in [0.5, 0.6) is 0 Å². The number of rotatable bonds is 1. The van der Waals surface area contributed by atoms with Crippen LogP contribution in [0.2, 0.25) is 0 Å². The van der Waals surface area contributed by atoms with E-state index in [1.807, 2.05) is 13.8 Å². The van der Waals surface area contributed by atoms with Gasteiger partial charge in [0.05, 0.1) is 5.60 Å². The van der Waals surface area contributed by atoms with Gasteiger partial charge < -0.3 is 5.11 Å². The lowest BCUT2D eigenvalue weighted by Gasteiger charge is -2.22. The Labute approximate surface area is 80.4 Å². The lowest BCUT2D eigenvalue weighted by atomic mass is 9.90. The molecule has 1 heteroatoms. The number of aryl methyl sites for hydroxylation is 2. The van der Waals surface area contributed by atoms with Gasteiger partial charge in [-0.25, -0.2) is 0 Å².